The molecule has 1 aliphatic heterocycles. The fourth-order valence-corrected chi connectivity index (χ4v) is 3.34. The van der Waals surface area contributed by atoms with E-state index in [1.165, 1.54) is 5.56 Å². The van der Waals surface area contributed by atoms with Crippen molar-refractivity contribution in [3.8, 4) is 0 Å². The first-order valence-corrected chi connectivity index (χ1v) is 10.4. The highest BCUT2D eigenvalue weighted by molar-refractivity contribution is 5.94. The number of carbonyl (C=O) groups is 2. The van der Waals surface area contributed by atoms with Gasteiger partial charge >= 0.3 is 0 Å². The van der Waals surface area contributed by atoms with E-state index in [4.69, 9.17) is 15.9 Å². The van der Waals surface area contributed by atoms with Crippen LogP contribution >= 0.6 is 0 Å². The van der Waals surface area contributed by atoms with Crippen molar-refractivity contribution in [3.63, 3.8) is 0 Å². The second-order valence-corrected chi connectivity index (χ2v) is 7.44. The summed E-state index contributed by atoms with van der Waals surface area (Å²) in [4.78, 5) is 24.9. The second kappa shape index (κ2) is 11.2. The number of carbonyl (C=O) groups excluding carboxylic acids is 2. The van der Waals surface area contributed by atoms with Gasteiger partial charge in [0.05, 0.1) is 19.6 Å². The fourth-order valence-electron chi connectivity index (χ4n) is 3.34. The molecule has 8 nitrogen and oxygen atoms in total. The third-order valence-corrected chi connectivity index (χ3v) is 5.09. The molecule has 3 rings (SSSR count). The van der Waals surface area contributed by atoms with Gasteiger partial charge in [0, 0.05) is 18.7 Å². The minimum atomic E-state index is -0.782. The number of hydrogen-bond acceptors (Lipinski definition) is 5. The molecule has 1 fully saturated rings. The number of hydrazine groups is 1. The molecule has 0 unspecified atom stereocenters. The molecule has 0 aliphatic carbocycles. The first-order valence-electron chi connectivity index (χ1n) is 10.4. The summed E-state index contributed by atoms with van der Waals surface area (Å²) in [6.45, 7) is 1.86. The molecule has 1 saturated heterocycles. The quantitative estimate of drug-likeness (QED) is 0.261. The van der Waals surface area contributed by atoms with E-state index in [9.17, 15) is 9.59 Å². The van der Waals surface area contributed by atoms with Gasteiger partial charge in [-0.05, 0) is 24.0 Å². The standard InChI is InChI=1S/C23H29N5O3/c24-22(25)19-10-8-18(9-11-19)16-26-21(29)15-20-23(30)28(13-14-31-20)27-12-4-7-17-5-2-1-3-6-17/h1-3,5-6,8-11,20,27H,4,7,12-16H2,(H3,24,25)(H,26,29)/t20-/m1/s1. The van der Waals surface area contributed by atoms with Gasteiger partial charge in [-0.25, -0.2) is 5.43 Å². The molecule has 2 aromatic carbocycles. The van der Waals surface area contributed by atoms with Crippen LogP contribution in [0.2, 0.25) is 0 Å². The third kappa shape index (κ3) is 6.91. The van der Waals surface area contributed by atoms with Crippen molar-refractivity contribution in [2.24, 2.45) is 5.73 Å². The molecule has 1 atom stereocenters. The average Bonchev–Trinajstić information content (AvgIpc) is 2.78. The summed E-state index contributed by atoms with van der Waals surface area (Å²) < 4.78 is 5.53. The Morgan fingerprint density at radius 3 is 2.58 bits per heavy atom. The van der Waals surface area contributed by atoms with Crippen LogP contribution in [-0.2, 0) is 27.3 Å². The topological polar surface area (TPSA) is 121 Å². The van der Waals surface area contributed by atoms with Gasteiger partial charge in [0.1, 0.15) is 11.9 Å². The summed E-state index contributed by atoms with van der Waals surface area (Å²) in [6, 6.07) is 17.3. The van der Waals surface area contributed by atoms with Gasteiger partial charge in [-0.1, -0.05) is 54.6 Å². The maximum Gasteiger partial charge on any atom is 0.266 e. The van der Waals surface area contributed by atoms with Crippen LogP contribution in [0.3, 0.4) is 0 Å². The van der Waals surface area contributed by atoms with Crippen LogP contribution in [-0.4, -0.2) is 48.5 Å². The normalized spacial score (nSPS) is 16.2. The van der Waals surface area contributed by atoms with E-state index in [-0.39, 0.29) is 24.1 Å². The molecular formula is C23H29N5O3. The SMILES string of the molecule is N=C(N)c1ccc(CNC(=O)C[C@H]2OCCN(NCCCc3ccccc3)C2=O)cc1. The number of amides is 2. The fraction of sp³-hybridized carbons (Fsp3) is 0.348. The number of benzene rings is 2. The van der Waals surface area contributed by atoms with Crippen LogP contribution in [0.5, 0.6) is 0 Å². The average molecular weight is 424 g/mol. The number of aryl methyl sites for hydroxylation is 1. The zero-order valence-electron chi connectivity index (χ0n) is 17.5. The number of morpholine rings is 1. The van der Waals surface area contributed by atoms with E-state index >= 15 is 0 Å². The van der Waals surface area contributed by atoms with Crippen molar-refractivity contribution in [3.05, 3.63) is 71.3 Å². The Morgan fingerprint density at radius 1 is 1.13 bits per heavy atom. The molecule has 2 aromatic rings. The van der Waals surface area contributed by atoms with Gasteiger partial charge in [-0.2, -0.15) is 0 Å². The van der Waals surface area contributed by atoms with Gasteiger partial charge in [0.25, 0.3) is 5.91 Å². The predicted octanol–water partition coefficient (Wildman–Crippen LogP) is 1.34. The van der Waals surface area contributed by atoms with Gasteiger partial charge in [0.15, 0.2) is 0 Å². The summed E-state index contributed by atoms with van der Waals surface area (Å²) in [5.41, 5.74) is 11.4. The number of ether oxygens (including phenoxy) is 1. The lowest BCUT2D eigenvalue weighted by Crippen LogP contribution is -2.55. The highest BCUT2D eigenvalue weighted by atomic mass is 16.5. The van der Waals surface area contributed by atoms with Crippen LogP contribution in [0.1, 0.15) is 29.5 Å². The number of nitrogens with zero attached hydrogens (tertiary/aromatic N) is 1. The number of nitrogens with one attached hydrogen (secondary N) is 3. The smallest absolute Gasteiger partial charge is 0.266 e. The van der Waals surface area contributed by atoms with Gasteiger partial charge in [0.2, 0.25) is 5.91 Å². The monoisotopic (exact) mass is 423 g/mol. The zero-order chi connectivity index (χ0) is 22.1. The molecule has 8 heteroatoms. The van der Waals surface area contributed by atoms with E-state index in [0.717, 1.165) is 18.4 Å². The summed E-state index contributed by atoms with van der Waals surface area (Å²) in [5.74, 6) is -0.464. The van der Waals surface area contributed by atoms with Gasteiger partial charge in [-0.15, -0.1) is 0 Å². The molecule has 0 bridgehead atoms. The van der Waals surface area contributed by atoms with E-state index in [2.05, 4.69) is 22.9 Å². The largest absolute Gasteiger partial charge is 0.384 e. The summed E-state index contributed by atoms with van der Waals surface area (Å²) in [5, 5.41) is 11.8. The number of hydrogen-bond donors (Lipinski definition) is 4. The molecule has 0 spiro atoms. The van der Waals surface area contributed by atoms with E-state index in [1.54, 1.807) is 29.3 Å². The number of rotatable bonds is 10. The summed E-state index contributed by atoms with van der Waals surface area (Å²) in [7, 11) is 0. The molecule has 0 radical (unpaired) electrons. The zero-order valence-corrected chi connectivity index (χ0v) is 17.5. The molecule has 164 valence electrons. The van der Waals surface area contributed by atoms with Crippen LogP contribution in [0, 0.1) is 5.41 Å². The van der Waals surface area contributed by atoms with E-state index in [0.29, 0.717) is 31.8 Å². The van der Waals surface area contributed by atoms with Crippen LogP contribution in [0.25, 0.3) is 0 Å². The van der Waals surface area contributed by atoms with Crippen molar-refractivity contribution in [2.45, 2.75) is 31.9 Å². The first kappa shape index (κ1) is 22.5. The van der Waals surface area contributed by atoms with Crippen molar-refractivity contribution < 1.29 is 14.3 Å². The Kier molecular flexibility index (Phi) is 8.14. The molecule has 31 heavy (non-hydrogen) atoms. The van der Waals surface area contributed by atoms with Crippen LogP contribution in [0.15, 0.2) is 54.6 Å². The maximum atomic E-state index is 12.6. The van der Waals surface area contributed by atoms with Crippen LogP contribution < -0.4 is 16.5 Å². The van der Waals surface area contributed by atoms with Gasteiger partial charge in [-0.3, -0.25) is 20.0 Å². The third-order valence-electron chi connectivity index (χ3n) is 5.09. The Labute approximate surface area is 182 Å². The maximum absolute atomic E-state index is 12.6. The number of nitrogens with two attached hydrogens (primary N) is 1. The van der Waals surface area contributed by atoms with Crippen molar-refractivity contribution in [1.29, 1.82) is 5.41 Å². The molecule has 1 aliphatic rings. The minimum Gasteiger partial charge on any atom is -0.384 e. The van der Waals surface area contributed by atoms with E-state index in [1.807, 2.05) is 18.2 Å². The summed E-state index contributed by atoms with van der Waals surface area (Å²) >= 11 is 0. The second-order valence-electron chi connectivity index (χ2n) is 7.44. The van der Waals surface area contributed by atoms with Crippen LogP contribution in [0.4, 0.5) is 0 Å². The lowest BCUT2D eigenvalue weighted by atomic mass is 10.1. The highest BCUT2D eigenvalue weighted by Gasteiger charge is 2.31. The van der Waals surface area contributed by atoms with E-state index < -0.39 is 6.10 Å². The van der Waals surface area contributed by atoms with Crippen molar-refractivity contribution in [1.82, 2.24) is 15.8 Å². The summed E-state index contributed by atoms with van der Waals surface area (Å²) in [6.07, 6.45) is 1.04. The number of amidine groups is 1. The van der Waals surface area contributed by atoms with Gasteiger partial charge < -0.3 is 15.8 Å². The van der Waals surface area contributed by atoms with Crippen molar-refractivity contribution in [2.75, 3.05) is 19.7 Å². The minimum absolute atomic E-state index is 0.00164. The molecule has 2 amide bonds. The lowest BCUT2D eigenvalue weighted by Gasteiger charge is -2.32. The predicted molar refractivity (Wildman–Crippen MR) is 118 cm³/mol. The molecular weight excluding hydrogens is 394 g/mol. The molecule has 1 heterocycles. The molecule has 0 aromatic heterocycles. The highest BCUT2D eigenvalue weighted by Crippen LogP contribution is 2.10. The van der Waals surface area contributed by atoms with Crippen molar-refractivity contribution >= 4 is 17.6 Å². The Balaban J connectivity index is 1.39. The Bertz CT molecular complexity index is 886. The lowest BCUT2D eigenvalue weighted by molar-refractivity contribution is -0.160. The Morgan fingerprint density at radius 2 is 1.87 bits per heavy atom. The molecule has 0 saturated carbocycles. The number of nitrogen functional groups attached to an aromatic ring is 1. The Hall–Kier alpha value is -3.23. The molecule has 5 N–H and O–H groups in total. The first-order chi connectivity index (χ1) is 15.0.